The highest BCUT2D eigenvalue weighted by atomic mass is 32.2. The number of barbiturate groups is 1. The Labute approximate surface area is 243 Å². The van der Waals surface area contributed by atoms with Crippen LogP contribution in [0, 0.1) is 6.92 Å². The Balaban J connectivity index is 1.57. The molecule has 0 atom stereocenters. The van der Waals surface area contributed by atoms with E-state index in [4.69, 9.17) is 18.4 Å². The normalized spacial score (nSPS) is 14.5. The Morgan fingerprint density at radius 2 is 1.52 bits per heavy atom. The molecule has 1 heterocycles. The predicted molar refractivity (Wildman–Crippen MR) is 153 cm³/mol. The number of urea groups is 1. The van der Waals surface area contributed by atoms with Gasteiger partial charge in [0, 0.05) is 0 Å². The van der Waals surface area contributed by atoms with Gasteiger partial charge in [-0.25, -0.2) is 4.79 Å². The zero-order chi connectivity index (χ0) is 30.4. The lowest BCUT2D eigenvalue weighted by atomic mass is 10.1. The number of rotatable bonds is 11. The van der Waals surface area contributed by atoms with Crippen LogP contribution in [0.5, 0.6) is 23.0 Å². The molecule has 42 heavy (non-hydrogen) atoms. The van der Waals surface area contributed by atoms with Crippen molar-refractivity contribution in [1.29, 1.82) is 0 Å². The largest absolute Gasteiger partial charge is 0.493 e. The summed E-state index contributed by atoms with van der Waals surface area (Å²) in [6.45, 7) is 4.17. The number of imide groups is 2. The zero-order valence-electron chi connectivity index (χ0n) is 23.5. The minimum absolute atomic E-state index is 0.0312. The average Bonchev–Trinajstić information content (AvgIpc) is 2.97. The smallest absolute Gasteiger partial charge is 0.339 e. The highest BCUT2D eigenvalue weighted by Gasteiger charge is 2.36. The quantitative estimate of drug-likeness (QED) is 0.196. The van der Waals surface area contributed by atoms with Gasteiger partial charge in [-0.05, 0) is 66.9 Å². The van der Waals surface area contributed by atoms with Crippen LogP contribution in [0.15, 0.2) is 71.1 Å². The molecule has 12 heteroatoms. The highest BCUT2D eigenvalue weighted by Crippen LogP contribution is 2.32. The maximum Gasteiger partial charge on any atom is 0.339 e. The number of carbonyl (C=O) groups excluding carboxylic acids is 3. The topological polar surface area (TPSA) is 138 Å². The molecular weight excluding hydrogens is 564 g/mol. The van der Waals surface area contributed by atoms with Crippen molar-refractivity contribution in [2.45, 2.75) is 31.7 Å². The fourth-order valence-electron chi connectivity index (χ4n) is 4.04. The van der Waals surface area contributed by atoms with Gasteiger partial charge < -0.3 is 18.4 Å². The van der Waals surface area contributed by atoms with Crippen LogP contribution in [0.4, 0.5) is 4.79 Å². The Morgan fingerprint density at radius 3 is 2.19 bits per heavy atom. The van der Waals surface area contributed by atoms with Gasteiger partial charge in [0.1, 0.15) is 10.5 Å². The second-order valence-electron chi connectivity index (χ2n) is 9.30. The van der Waals surface area contributed by atoms with Gasteiger partial charge in [-0.3, -0.25) is 19.8 Å². The number of hydrogen-bond donors (Lipinski definition) is 1. The van der Waals surface area contributed by atoms with Crippen LogP contribution in [-0.4, -0.2) is 52.0 Å². The lowest BCUT2D eigenvalue weighted by Gasteiger charge is -2.26. The molecular formula is C30H30N2O9S. The Morgan fingerprint density at radius 1 is 0.857 bits per heavy atom. The van der Waals surface area contributed by atoms with Crippen LogP contribution in [-0.2, 0) is 26.3 Å². The van der Waals surface area contributed by atoms with E-state index in [1.54, 1.807) is 30.3 Å². The third kappa shape index (κ3) is 6.72. The van der Waals surface area contributed by atoms with Gasteiger partial charge in [0.2, 0.25) is 0 Å². The molecule has 3 aromatic carbocycles. The number of aryl methyl sites for hydroxylation is 1. The molecule has 0 bridgehead atoms. The van der Waals surface area contributed by atoms with Crippen molar-refractivity contribution >= 4 is 34.0 Å². The molecule has 220 valence electrons. The van der Waals surface area contributed by atoms with E-state index < -0.39 is 28.0 Å². The number of nitrogens with one attached hydrogen (secondary N) is 1. The highest BCUT2D eigenvalue weighted by molar-refractivity contribution is 7.87. The summed E-state index contributed by atoms with van der Waals surface area (Å²) in [4.78, 5) is 39.4. The van der Waals surface area contributed by atoms with E-state index in [1.807, 2.05) is 13.8 Å². The maximum absolute atomic E-state index is 13.3. The molecule has 1 aliphatic heterocycles. The van der Waals surface area contributed by atoms with Gasteiger partial charge in [-0.2, -0.15) is 8.42 Å². The summed E-state index contributed by atoms with van der Waals surface area (Å²) in [5, 5.41) is 2.18. The molecule has 0 aliphatic carbocycles. The van der Waals surface area contributed by atoms with Crippen molar-refractivity contribution in [2.24, 2.45) is 0 Å². The van der Waals surface area contributed by atoms with Crippen LogP contribution < -0.4 is 23.7 Å². The molecule has 4 amide bonds. The maximum atomic E-state index is 13.3. The number of amides is 4. The van der Waals surface area contributed by atoms with Crippen LogP contribution in [0.25, 0.3) is 6.08 Å². The third-order valence-corrected chi connectivity index (χ3v) is 7.47. The molecule has 1 aliphatic rings. The molecule has 0 saturated carbocycles. The first-order valence-electron chi connectivity index (χ1n) is 12.9. The van der Waals surface area contributed by atoms with Gasteiger partial charge in [0.15, 0.2) is 23.0 Å². The Bertz CT molecular complexity index is 1650. The number of nitrogens with zero attached hydrogens (tertiary/aromatic N) is 1. The summed E-state index contributed by atoms with van der Waals surface area (Å²) < 4.78 is 47.1. The van der Waals surface area contributed by atoms with Crippen LogP contribution in [0.2, 0.25) is 0 Å². The van der Waals surface area contributed by atoms with Crippen LogP contribution in [0.3, 0.4) is 0 Å². The summed E-state index contributed by atoms with van der Waals surface area (Å²) >= 11 is 0. The van der Waals surface area contributed by atoms with Gasteiger partial charge in [0.25, 0.3) is 11.8 Å². The Hall–Kier alpha value is -4.84. The lowest BCUT2D eigenvalue weighted by molar-refractivity contribution is -0.130. The van der Waals surface area contributed by atoms with E-state index in [0.717, 1.165) is 16.9 Å². The van der Waals surface area contributed by atoms with E-state index in [1.165, 1.54) is 50.6 Å². The monoisotopic (exact) mass is 594 g/mol. The zero-order valence-corrected chi connectivity index (χ0v) is 24.3. The molecule has 1 fully saturated rings. The third-order valence-electron chi connectivity index (χ3n) is 6.22. The SMILES string of the molecule is CCCOc1ccc(CN2C(=O)NC(=O)/C(=C\c3ccc(OS(=O)(=O)c4ccc(C)cc4)c(OC)c3)C2=O)cc1OC. The number of carbonyl (C=O) groups is 3. The molecule has 0 radical (unpaired) electrons. The summed E-state index contributed by atoms with van der Waals surface area (Å²) in [7, 11) is -1.34. The van der Waals surface area contributed by atoms with E-state index in [2.05, 4.69) is 5.32 Å². The summed E-state index contributed by atoms with van der Waals surface area (Å²) in [5.74, 6) is -0.748. The van der Waals surface area contributed by atoms with E-state index >= 15 is 0 Å². The summed E-state index contributed by atoms with van der Waals surface area (Å²) in [6, 6.07) is 14.5. The van der Waals surface area contributed by atoms with Crippen molar-refractivity contribution in [1.82, 2.24) is 10.2 Å². The van der Waals surface area contributed by atoms with Gasteiger partial charge >= 0.3 is 16.1 Å². The minimum Gasteiger partial charge on any atom is -0.493 e. The first-order chi connectivity index (χ1) is 20.1. The van der Waals surface area contributed by atoms with Crippen molar-refractivity contribution in [3.8, 4) is 23.0 Å². The lowest BCUT2D eigenvalue weighted by Crippen LogP contribution is -2.53. The second-order valence-corrected chi connectivity index (χ2v) is 10.8. The molecule has 3 aromatic rings. The molecule has 1 N–H and O–H groups in total. The number of ether oxygens (including phenoxy) is 3. The number of hydrogen-bond acceptors (Lipinski definition) is 9. The molecule has 0 spiro atoms. The molecule has 0 unspecified atom stereocenters. The average molecular weight is 595 g/mol. The summed E-state index contributed by atoms with van der Waals surface area (Å²) in [5.41, 5.74) is 1.50. The van der Waals surface area contributed by atoms with Gasteiger partial charge in [0.05, 0.1) is 27.4 Å². The summed E-state index contributed by atoms with van der Waals surface area (Å²) in [6.07, 6.45) is 2.09. The first kappa shape index (κ1) is 30.1. The second kappa shape index (κ2) is 12.8. The van der Waals surface area contributed by atoms with Crippen LogP contribution in [0.1, 0.15) is 30.0 Å². The van der Waals surface area contributed by atoms with Gasteiger partial charge in [-0.15, -0.1) is 0 Å². The van der Waals surface area contributed by atoms with Crippen molar-refractivity contribution in [2.75, 3.05) is 20.8 Å². The molecule has 1 saturated heterocycles. The molecule has 11 nitrogen and oxygen atoms in total. The van der Waals surface area contributed by atoms with Crippen molar-refractivity contribution < 1.29 is 41.2 Å². The standard InChI is InChI=1S/C30H30N2O9S/c1-5-14-40-24-12-9-21(17-26(24)38-3)18-32-29(34)23(28(33)31-30(32)35)15-20-8-13-25(27(16-20)39-4)41-42(36,37)22-10-6-19(2)7-11-22/h6-13,15-17H,5,14,18H2,1-4H3,(H,31,33,35)/b23-15+. The van der Waals surface area contributed by atoms with Crippen LogP contribution >= 0.6 is 0 Å². The predicted octanol–water partition coefficient (Wildman–Crippen LogP) is 4.23. The number of methoxy groups -OCH3 is 2. The van der Waals surface area contributed by atoms with E-state index in [0.29, 0.717) is 29.2 Å². The Kier molecular flexibility index (Phi) is 9.16. The minimum atomic E-state index is -4.15. The first-order valence-corrected chi connectivity index (χ1v) is 14.3. The van der Waals surface area contributed by atoms with E-state index in [9.17, 15) is 22.8 Å². The number of benzene rings is 3. The molecule has 0 aromatic heterocycles. The fourth-order valence-corrected chi connectivity index (χ4v) is 4.98. The fraction of sp³-hybridized carbons (Fsp3) is 0.233. The van der Waals surface area contributed by atoms with Crippen molar-refractivity contribution in [3.63, 3.8) is 0 Å². The van der Waals surface area contributed by atoms with E-state index in [-0.39, 0.29) is 28.5 Å². The molecule has 4 rings (SSSR count). The van der Waals surface area contributed by atoms with Gasteiger partial charge in [-0.1, -0.05) is 36.8 Å². The van der Waals surface area contributed by atoms with Crippen molar-refractivity contribution in [3.05, 3.63) is 82.9 Å².